The van der Waals surface area contributed by atoms with E-state index in [2.05, 4.69) is 32.9 Å². The first-order chi connectivity index (χ1) is 9.43. The molecule has 2 heteroatoms. The van der Waals surface area contributed by atoms with E-state index in [1.807, 2.05) is 30.3 Å². The minimum absolute atomic E-state index is 0.0422. The molecule has 2 aromatic rings. The Hall–Kier alpha value is -1.80. The molecule has 0 heterocycles. The van der Waals surface area contributed by atoms with Crippen LogP contribution in [-0.2, 0) is 11.8 Å². The molecule has 106 valence electrons. The van der Waals surface area contributed by atoms with Gasteiger partial charge in [0.2, 0.25) is 0 Å². The Morgan fingerprint density at radius 2 is 1.70 bits per heavy atom. The van der Waals surface area contributed by atoms with Crippen molar-refractivity contribution in [2.45, 2.75) is 32.6 Å². The number of hydrogen-bond acceptors (Lipinski definition) is 2. The lowest BCUT2D eigenvalue weighted by Crippen LogP contribution is -2.13. The molecule has 0 aliphatic rings. The molecule has 0 aliphatic carbocycles. The topological polar surface area (TPSA) is 46.2 Å². The summed E-state index contributed by atoms with van der Waals surface area (Å²) in [6.07, 6.45) is 0.690. The van der Waals surface area contributed by atoms with E-state index in [1.54, 1.807) is 0 Å². The molecule has 0 unspecified atom stereocenters. The molecule has 0 amide bonds. The van der Waals surface area contributed by atoms with Gasteiger partial charge < -0.3 is 10.8 Å². The van der Waals surface area contributed by atoms with Gasteiger partial charge in [0.25, 0.3) is 0 Å². The highest BCUT2D eigenvalue weighted by Gasteiger charge is 2.19. The quantitative estimate of drug-likeness (QED) is 0.888. The van der Waals surface area contributed by atoms with Crippen molar-refractivity contribution < 1.29 is 5.11 Å². The van der Waals surface area contributed by atoms with Crippen molar-refractivity contribution in [3.63, 3.8) is 0 Å². The van der Waals surface area contributed by atoms with E-state index in [9.17, 15) is 5.11 Å². The van der Waals surface area contributed by atoms with Crippen molar-refractivity contribution in [3.05, 3.63) is 53.6 Å². The van der Waals surface area contributed by atoms with E-state index >= 15 is 0 Å². The first-order valence-electron chi connectivity index (χ1n) is 7.05. The first-order valence-corrected chi connectivity index (χ1v) is 7.05. The molecule has 0 aliphatic heterocycles. The second kappa shape index (κ2) is 5.68. The van der Waals surface area contributed by atoms with Crippen LogP contribution >= 0.6 is 0 Å². The maximum atomic E-state index is 10.5. The molecule has 0 spiro atoms. The van der Waals surface area contributed by atoms with Crippen LogP contribution in [0.5, 0.6) is 5.75 Å². The third kappa shape index (κ3) is 3.02. The third-order valence-corrected chi connectivity index (χ3v) is 3.55. The summed E-state index contributed by atoms with van der Waals surface area (Å²) in [5.41, 5.74) is 9.78. The van der Waals surface area contributed by atoms with Crippen LogP contribution in [-0.4, -0.2) is 11.7 Å². The van der Waals surface area contributed by atoms with Crippen molar-refractivity contribution in [1.29, 1.82) is 0 Å². The smallest absolute Gasteiger partial charge is 0.126 e. The number of nitrogens with two attached hydrogens (primary N) is 1. The van der Waals surface area contributed by atoms with Gasteiger partial charge in [0, 0.05) is 5.56 Å². The molecule has 0 saturated heterocycles. The predicted molar refractivity (Wildman–Crippen MR) is 85.0 cm³/mol. The number of phenolic OH excluding ortho intramolecular Hbond substituents is 1. The fourth-order valence-electron chi connectivity index (χ4n) is 2.31. The Morgan fingerprint density at radius 3 is 2.25 bits per heavy atom. The lowest BCUT2D eigenvalue weighted by Gasteiger charge is -2.22. The van der Waals surface area contributed by atoms with E-state index in [-0.39, 0.29) is 5.41 Å². The zero-order chi connectivity index (χ0) is 14.8. The number of benzene rings is 2. The van der Waals surface area contributed by atoms with E-state index in [4.69, 9.17) is 5.73 Å². The highest BCUT2D eigenvalue weighted by atomic mass is 16.3. The van der Waals surface area contributed by atoms with E-state index in [0.29, 0.717) is 18.7 Å². The molecule has 0 bridgehead atoms. The van der Waals surface area contributed by atoms with Gasteiger partial charge in [0.1, 0.15) is 5.75 Å². The van der Waals surface area contributed by atoms with Crippen LogP contribution < -0.4 is 5.73 Å². The van der Waals surface area contributed by atoms with Crippen molar-refractivity contribution >= 4 is 0 Å². The van der Waals surface area contributed by atoms with Crippen molar-refractivity contribution in [2.75, 3.05) is 6.54 Å². The summed E-state index contributed by atoms with van der Waals surface area (Å²) < 4.78 is 0. The summed E-state index contributed by atoms with van der Waals surface area (Å²) in [7, 11) is 0. The van der Waals surface area contributed by atoms with Gasteiger partial charge in [-0.2, -0.15) is 0 Å². The Labute approximate surface area is 121 Å². The fourth-order valence-corrected chi connectivity index (χ4v) is 2.31. The van der Waals surface area contributed by atoms with Crippen LogP contribution in [0.15, 0.2) is 42.5 Å². The third-order valence-electron chi connectivity index (χ3n) is 3.55. The minimum atomic E-state index is 0.0422. The summed E-state index contributed by atoms with van der Waals surface area (Å²) in [6.45, 7) is 7.08. The summed E-state index contributed by atoms with van der Waals surface area (Å²) in [6, 6.07) is 14.2. The fraction of sp³-hybridized carbons (Fsp3) is 0.333. The van der Waals surface area contributed by atoms with Gasteiger partial charge in [-0.1, -0.05) is 57.2 Å². The second-order valence-corrected chi connectivity index (χ2v) is 6.19. The number of rotatable bonds is 3. The lowest BCUT2D eigenvalue weighted by atomic mass is 9.83. The molecule has 2 aromatic carbocycles. The Balaban J connectivity index is 2.64. The molecule has 2 nitrogen and oxygen atoms in total. The second-order valence-electron chi connectivity index (χ2n) is 6.19. The molecule has 0 aromatic heterocycles. The van der Waals surface area contributed by atoms with Crippen molar-refractivity contribution in [3.8, 4) is 16.9 Å². The summed E-state index contributed by atoms with van der Waals surface area (Å²) in [4.78, 5) is 0. The highest BCUT2D eigenvalue weighted by molar-refractivity contribution is 5.73. The summed E-state index contributed by atoms with van der Waals surface area (Å²) in [5, 5.41) is 10.5. The molecule has 0 atom stereocenters. The van der Waals surface area contributed by atoms with Gasteiger partial charge in [-0.3, -0.25) is 0 Å². The Kier molecular flexibility index (Phi) is 4.15. The maximum Gasteiger partial charge on any atom is 0.126 e. The maximum absolute atomic E-state index is 10.5. The number of hydrogen-bond donors (Lipinski definition) is 2. The SMILES string of the molecule is CC(C)(C)c1cc(CCN)c(O)c(-c2ccccc2)c1. The Morgan fingerprint density at radius 1 is 1.05 bits per heavy atom. The van der Waals surface area contributed by atoms with Gasteiger partial charge in [0.15, 0.2) is 0 Å². The zero-order valence-corrected chi connectivity index (χ0v) is 12.5. The van der Waals surface area contributed by atoms with Crippen LogP contribution in [0.1, 0.15) is 31.9 Å². The molecule has 0 fully saturated rings. The van der Waals surface area contributed by atoms with E-state index < -0.39 is 0 Å². The molecular weight excluding hydrogens is 246 g/mol. The van der Waals surface area contributed by atoms with Crippen LogP contribution in [0.3, 0.4) is 0 Å². The lowest BCUT2D eigenvalue weighted by molar-refractivity contribution is 0.469. The molecule has 0 radical (unpaired) electrons. The standard InChI is InChI=1S/C18H23NO/c1-18(2,3)15-11-14(9-10-19)17(20)16(12-15)13-7-5-4-6-8-13/h4-8,11-12,20H,9-10,19H2,1-3H3. The van der Waals surface area contributed by atoms with Gasteiger partial charge in [-0.05, 0) is 41.1 Å². The monoisotopic (exact) mass is 269 g/mol. The van der Waals surface area contributed by atoms with Crippen LogP contribution in [0.25, 0.3) is 11.1 Å². The Bertz CT molecular complexity index is 582. The molecular formula is C18H23NO. The zero-order valence-electron chi connectivity index (χ0n) is 12.5. The van der Waals surface area contributed by atoms with Crippen LogP contribution in [0.2, 0.25) is 0 Å². The molecule has 20 heavy (non-hydrogen) atoms. The predicted octanol–water partition coefficient (Wildman–Crippen LogP) is 3.86. The molecule has 2 rings (SSSR count). The first kappa shape index (κ1) is 14.6. The average molecular weight is 269 g/mol. The molecule has 0 saturated carbocycles. The van der Waals surface area contributed by atoms with Crippen molar-refractivity contribution in [1.82, 2.24) is 0 Å². The van der Waals surface area contributed by atoms with Gasteiger partial charge in [-0.25, -0.2) is 0 Å². The number of aromatic hydroxyl groups is 1. The van der Waals surface area contributed by atoms with Crippen LogP contribution in [0.4, 0.5) is 0 Å². The minimum Gasteiger partial charge on any atom is -0.507 e. The normalized spacial score (nSPS) is 11.6. The summed E-state index contributed by atoms with van der Waals surface area (Å²) >= 11 is 0. The molecule has 3 N–H and O–H groups in total. The summed E-state index contributed by atoms with van der Waals surface area (Å²) in [5.74, 6) is 0.356. The van der Waals surface area contributed by atoms with E-state index in [1.165, 1.54) is 5.56 Å². The van der Waals surface area contributed by atoms with Gasteiger partial charge >= 0.3 is 0 Å². The van der Waals surface area contributed by atoms with Crippen molar-refractivity contribution in [2.24, 2.45) is 5.73 Å². The van der Waals surface area contributed by atoms with Crippen LogP contribution in [0, 0.1) is 0 Å². The van der Waals surface area contributed by atoms with E-state index in [0.717, 1.165) is 16.7 Å². The number of phenols is 1. The highest BCUT2D eigenvalue weighted by Crippen LogP contribution is 2.37. The average Bonchev–Trinajstić information content (AvgIpc) is 2.41. The largest absolute Gasteiger partial charge is 0.507 e. The van der Waals surface area contributed by atoms with Gasteiger partial charge in [0.05, 0.1) is 0 Å². The van der Waals surface area contributed by atoms with Gasteiger partial charge in [-0.15, -0.1) is 0 Å².